The molecule has 18 heteroatoms. The van der Waals surface area contributed by atoms with E-state index < -0.39 is 65.8 Å². The van der Waals surface area contributed by atoms with E-state index in [0.29, 0.717) is 25.1 Å². The van der Waals surface area contributed by atoms with Crippen LogP contribution >= 0.6 is 0 Å². The minimum atomic E-state index is -1.18. The number of fused-ring (bicyclic) bond motifs is 1. The van der Waals surface area contributed by atoms with Crippen molar-refractivity contribution in [2.75, 3.05) is 13.1 Å². The molecular weight excluding hydrogens is 781 g/mol. The van der Waals surface area contributed by atoms with Gasteiger partial charge in [-0.25, -0.2) is 14.8 Å². The number of H-pyrrole nitrogens is 2. The molecule has 1 fully saturated rings. The van der Waals surface area contributed by atoms with Gasteiger partial charge in [-0.1, -0.05) is 67.8 Å². The van der Waals surface area contributed by atoms with E-state index in [0.717, 1.165) is 59.1 Å². The first-order valence-electron chi connectivity index (χ1n) is 21.0. The van der Waals surface area contributed by atoms with Gasteiger partial charge < -0.3 is 48.4 Å². The van der Waals surface area contributed by atoms with Crippen LogP contribution in [-0.4, -0.2) is 98.8 Å². The number of primary amides is 1. The lowest BCUT2D eigenvalue weighted by molar-refractivity contribution is -0.133. The molecule has 2 aromatic carbocycles. The van der Waals surface area contributed by atoms with Crippen molar-refractivity contribution in [3.63, 3.8) is 0 Å². The van der Waals surface area contributed by atoms with Crippen molar-refractivity contribution >= 4 is 46.5 Å². The quantitative estimate of drug-likeness (QED) is 0.0427. The maximum absolute atomic E-state index is 14.2. The molecule has 0 unspecified atom stereocenters. The van der Waals surface area contributed by atoms with E-state index in [1.165, 1.54) is 13.3 Å². The van der Waals surface area contributed by atoms with Gasteiger partial charge in [0.05, 0.1) is 12.4 Å². The normalized spacial score (nSPS) is 15.4. The van der Waals surface area contributed by atoms with Crippen LogP contribution in [-0.2, 0) is 43.2 Å². The minimum Gasteiger partial charge on any atom is -0.368 e. The number of nitrogens with zero attached hydrogens (tertiary/aromatic N) is 2. The van der Waals surface area contributed by atoms with Crippen molar-refractivity contribution in [1.82, 2.24) is 46.7 Å². The third-order valence-electron chi connectivity index (χ3n) is 11.0. The van der Waals surface area contributed by atoms with Crippen molar-refractivity contribution in [1.29, 1.82) is 0 Å². The Morgan fingerprint density at radius 2 is 1.48 bits per heavy atom. The Morgan fingerprint density at radius 3 is 2.18 bits per heavy atom. The molecule has 0 spiro atoms. The third kappa shape index (κ3) is 13.9. The minimum absolute atomic E-state index is 0.0645. The van der Waals surface area contributed by atoms with Crippen LogP contribution in [0.2, 0.25) is 0 Å². The number of hydrazine groups is 1. The second-order valence-corrected chi connectivity index (χ2v) is 15.8. The number of benzene rings is 2. The van der Waals surface area contributed by atoms with E-state index >= 15 is 0 Å². The predicted molar refractivity (Wildman–Crippen MR) is 230 cm³/mol. The first kappa shape index (κ1) is 45.8. The molecule has 4 aromatic rings. The van der Waals surface area contributed by atoms with Crippen LogP contribution in [0.4, 0.5) is 4.79 Å². The molecule has 61 heavy (non-hydrogen) atoms. The lowest BCUT2D eigenvalue weighted by atomic mass is 9.89. The van der Waals surface area contributed by atoms with Crippen LogP contribution in [0.5, 0.6) is 0 Å². The molecule has 5 rings (SSSR count). The number of hydrogen-bond acceptors (Lipinski definition) is 9. The summed E-state index contributed by atoms with van der Waals surface area (Å²) in [5.74, 6) is -3.19. The number of para-hydroxylation sites is 1. The Labute approximate surface area is 355 Å². The maximum Gasteiger partial charge on any atom is 0.336 e. The van der Waals surface area contributed by atoms with Gasteiger partial charge in [0.25, 0.3) is 5.91 Å². The smallest absolute Gasteiger partial charge is 0.336 e. The van der Waals surface area contributed by atoms with Gasteiger partial charge in [0.15, 0.2) is 0 Å². The number of carbonyl (C=O) groups excluding carboxylic acids is 6. The second-order valence-electron chi connectivity index (χ2n) is 15.8. The van der Waals surface area contributed by atoms with Gasteiger partial charge in [-0.15, -0.1) is 0 Å². The van der Waals surface area contributed by atoms with Crippen LogP contribution in [0.1, 0.15) is 75.1 Å². The molecule has 2 aromatic heterocycles. The zero-order valence-electron chi connectivity index (χ0n) is 34.7. The average Bonchev–Trinajstić information content (AvgIpc) is 3.93. The van der Waals surface area contributed by atoms with Crippen LogP contribution in [0.15, 0.2) is 73.3 Å². The summed E-state index contributed by atoms with van der Waals surface area (Å²) >= 11 is 0. The van der Waals surface area contributed by atoms with E-state index in [4.69, 9.17) is 17.2 Å². The summed E-state index contributed by atoms with van der Waals surface area (Å²) < 4.78 is 0. The largest absolute Gasteiger partial charge is 0.368 e. The molecule has 18 nitrogen and oxygen atoms in total. The highest BCUT2D eigenvalue weighted by Crippen LogP contribution is 2.24. The number of carbonyl (C=O) groups is 6. The Morgan fingerprint density at radius 1 is 0.787 bits per heavy atom. The number of amides is 7. The van der Waals surface area contributed by atoms with E-state index in [-0.39, 0.29) is 38.1 Å². The number of aromatic amines is 2. The fourth-order valence-electron chi connectivity index (χ4n) is 7.49. The summed E-state index contributed by atoms with van der Waals surface area (Å²) in [5, 5.41) is 13.0. The second kappa shape index (κ2) is 22.9. The van der Waals surface area contributed by atoms with Crippen LogP contribution in [0.3, 0.4) is 0 Å². The molecule has 0 saturated heterocycles. The van der Waals surface area contributed by atoms with Crippen molar-refractivity contribution in [3.05, 3.63) is 90.1 Å². The molecule has 2 heterocycles. The van der Waals surface area contributed by atoms with Gasteiger partial charge in [0, 0.05) is 54.8 Å². The summed E-state index contributed by atoms with van der Waals surface area (Å²) in [4.78, 5) is 91.6. The van der Waals surface area contributed by atoms with Crippen molar-refractivity contribution < 1.29 is 28.8 Å². The van der Waals surface area contributed by atoms with Crippen LogP contribution < -0.4 is 43.9 Å². The number of unbranched alkanes of at least 4 members (excludes halogenated alkanes) is 1. The highest BCUT2D eigenvalue weighted by molar-refractivity contribution is 5.95. The third-order valence-corrected chi connectivity index (χ3v) is 11.0. The highest BCUT2D eigenvalue weighted by Gasteiger charge is 2.32. The molecule has 328 valence electrons. The van der Waals surface area contributed by atoms with Crippen LogP contribution in [0, 0.1) is 5.92 Å². The molecule has 1 aliphatic rings. The predicted octanol–water partition coefficient (Wildman–Crippen LogP) is 1.33. The molecule has 0 aliphatic heterocycles. The van der Waals surface area contributed by atoms with E-state index in [1.54, 1.807) is 12.4 Å². The van der Waals surface area contributed by atoms with Gasteiger partial charge in [-0.2, -0.15) is 0 Å². The van der Waals surface area contributed by atoms with Gasteiger partial charge >= 0.3 is 6.03 Å². The summed E-state index contributed by atoms with van der Waals surface area (Å²) in [6.07, 6.45) is 11.3. The fraction of sp³-hybridized carbons (Fsp3) is 0.465. The van der Waals surface area contributed by atoms with Crippen molar-refractivity contribution in [2.24, 2.45) is 23.1 Å². The number of hydrogen-bond donors (Lipinski definition) is 10. The van der Waals surface area contributed by atoms with E-state index in [2.05, 4.69) is 41.6 Å². The lowest BCUT2D eigenvalue weighted by Gasteiger charge is -2.32. The van der Waals surface area contributed by atoms with E-state index in [1.807, 2.05) is 54.6 Å². The Kier molecular flexibility index (Phi) is 17.2. The Balaban J connectivity index is 1.31. The molecular formula is C43H60N12O6. The SMILES string of the molecule is C[C@H](NC(=O)[C@@H](Cc1c[nH]c2ccccc12)NC(=O)[C@@H](N)Cc1cnc[nH]1)C(=O)NN(CC1CCCCC1)C(=O)N[C@H](Cc1ccccc1)C(=O)N[C@@H](CCCCN)C(N)=O. The molecule has 1 saturated carbocycles. The zero-order valence-corrected chi connectivity index (χ0v) is 34.7. The topological polar surface area (TPSA) is 288 Å². The molecule has 1 aliphatic carbocycles. The van der Waals surface area contributed by atoms with Crippen molar-refractivity contribution in [3.8, 4) is 0 Å². The molecule has 0 radical (unpaired) electrons. The standard InChI is InChI=1S/C43H60N12O6/c1-27(50-41(59)37(21-30-23-48-34-17-9-8-16-32(30)34)52-40(58)33(45)22-31-24-47-26-49-31)39(57)54-55(25-29-14-6-3-7-15-29)43(61)53-36(20-28-12-4-2-5-13-28)42(60)51-35(38(46)56)18-10-11-19-44/h2,4-5,8-9,12-13,16-17,23-24,26-27,29,33,35-37,48H,3,6-7,10-11,14-15,18-22,25,44-45H2,1H3,(H2,46,56)(H,47,49)(H,50,59)(H,51,60)(H,52,58)(H,53,61)(H,54,57)/t27-,33-,35-,36+,37+/m0/s1. The molecule has 5 atom stereocenters. The van der Waals surface area contributed by atoms with Gasteiger partial charge in [-0.3, -0.25) is 29.4 Å². The number of imidazole rings is 1. The number of urea groups is 1. The van der Waals surface area contributed by atoms with Gasteiger partial charge in [0.1, 0.15) is 24.2 Å². The zero-order chi connectivity index (χ0) is 43.7. The maximum atomic E-state index is 14.2. The molecule has 13 N–H and O–H groups in total. The summed E-state index contributed by atoms with van der Waals surface area (Å²) in [5.41, 5.74) is 23.2. The van der Waals surface area contributed by atoms with Crippen LogP contribution in [0.25, 0.3) is 10.9 Å². The van der Waals surface area contributed by atoms with Gasteiger partial charge in [0.2, 0.25) is 23.6 Å². The monoisotopic (exact) mass is 840 g/mol. The molecule has 7 amide bonds. The van der Waals surface area contributed by atoms with E-state index in [9.17, 15) is 28.8 Å². The summed E-state index contributed by atoms with van der Waals surface area (Å²) in [6.45, 7) is 2.04. The van der Waals surface area contributed by atoms with Crippen molar-refractivity contribution in [2.45, 2.75) is 108 Å². The number of nitrogens with one attached hydrogen (secondary N) is 7. The first-order valence-corrected chi connectivity index (χ1v) is 21.0. The summed E-state index contributed by atoms with van der Waals surface area (Å²) in [6, 6.07) is 10.4. The number of nitrogens with two attached hydrogens (primary N) is 3. The van der Waals surface area contributed by atoms with Gasteiger partial charge in [-0.05, 0) is 68.7 Å². The number of rotatable bonds is 21. The first-order chi connectivity index (χ1) is 29.4. The summed E-state index contributed by atoms with van der Waals surface area (Å²) in [7, 11) is 0. The average molecular weight is 841 g/mol. The highest BCUT2D eigenvalue weighted by atomic mass is 16.2. The fourth-order valence-corrected chi connectivity index (χ4v) is 7.49. The lowest BCUT2D eigenvalue weighted by Crippen LogP contribution is -2.61. The molecule has 0 bridgehead atoms. The Bertz CT molecular complexity index is 2050. The number of aromatic nitrogens is 3. The Hall–Kier alpha value is -6.27.